The molecule has 370 valence electrons. The van der Waals surface area contributed by atoms with Crippen molar-refractivity contribution in [3.63, 3.8) is 0 Å². The van der Waals surface area contributed by atoms with Gasteiger partial charge in [0, 0.05) is 19.3 Å². The highest BCUT2D eigenvalue weighted by atomic mass is 16.7. The van der Waals surface area contributed by atoms with Gasteiger partial charge in [-0.15, -0.1) is 0 Å². The second-order valence-corrected chi connectivity index (χ2v) is 18.2. The summed E-state index contributed by atoms with van der Waals surface area (Å²) in [5.74, 6) is -3.09. The van der Waals surface area contributed by atoms with Crippen molar-refractivity contribution in [3.8, 4) is 0 Å². The molecule has 0 bridgehead atoms. The van der Waals surface area contributed by atoms with E-state index >= 15 is 0 Å². The largest absolute Gasteiger partial charge is 0.479 e. The van der Waals surface area contributed by atoms with Gasteiger partial charge >= 0.3 is 23.9 Å². The molecule has 0 amide bonds. The van der Waals surface area contributed by atoms with Crippen LogP contribution in [0.4, 0.5) is 0 Å². The fourth-order valence-corrected chi connectivity index (χ4v) is 8.13. The van der Waals surface area contributed by atoms with Gasteiger partial charge in [-0.3, -0.25) is 14.4 Å². The number of carbonyl (C=O) groups is 4. The van der Waals surface area contributed by atoms with Gasteiger partial charge in [0.15, 0.2) is 24.6 Å². The molecule has 1 heterocycles. The van der Waals surface area contributed by atoms with Gasteiger partial charge in [0.2, 0.25) is 0 Å². The summed E-state index contributed by atoms with van der Waals surface area (Å²) in [5, 5.41) is 31.2. The molecule has 1 rings (SSSR count). The maximum absolute atomic E-state index is 13.0. The number of ether oxygens (including phenoxy) is 5. The maximum Gasteiger partial charge on any atom is 0.335 e. The number of aliphatic hydroxyl groups is 2. The lowest BCUT2D eigenvalue weighted by Gasteiger charge is -2.40. The van der Waals surface area contributed by atoms with Crippen molar-refractivity contribution < 1.29 is 58.2 Å². The lowest BCUT2D eigenvalue weighted by Crippen LogP contribution is -2.61. The standard InChI is InChI=1S/C51H94O12/c1-4-7-10-13-16-19-21-22-24-26-28-31-34-37-43(52)59-40-42(61-44(53)38-35-32-30-27-23-20-17-14-11-8-5-2)41-60-51-49(47(56)46(55)48(63-51)50(57)58)62-45(54)39-36-33-29-25-18-15-12-9-6-3/h42,46-49,51,55-56H,4-41H2,1-3H3,(H,57,58). The van der Waals surface area contributed by atoms with Crippen LogP contribution in [0.5, 0.6) is 0 Å². The second-order valence-electron chi connectivity index (χ2n) is 18.2. The summed E-state index contributed by atoms with van der Waals surface area (Å²) in [4.78, 5) is 50.7. The zero-order valence-electron chi connectivity index (χ0n) is 40.4. The Kier molecular flexibility index (Phi) is 38.4. The number of hydrogen-bond acceptors (Lipinski definition) is 11. The molecule has 0 aromatic rings. The number of carboxylic acid groups (broad SMARTS) is 1. The van der Waals surface area contributed by atoms with Crippen LogP contribution in [0.3, 0.4) is 0 Å². The van der Waals surface area contributed by atoms with E-state index in [9.17, 15) is 34.5 Å². The third kappa shape index (κ3) is 32.1. The average Bonchev–Trinajstić information content (AvgIpc) is 3.26. The predicted molar refractivity (Wildman–Crippen MR) is 248 cm³/mol. The average molecular weight is 899 g/mol. The van der Waals surface area contributed by atoms with Crippen molar-refractivity contribution in [2.75, 3.05) is 13.2 Å². The van der Waals surface area contributed by atoms with E-state index in [0.29, 0.717) is 19.3 Å². The molecule has 0 aromatic heterocycles. The third-order valence-electron chi connectivity index (χ3n) is 12.2. The lowest BCUT2D eigenvalue weighted by molar-refractivity contribution is -0.301. The number of carbonyl (C=O) groups excluding carboxylic acids is 3. The first-order chi connectivity index (χ1) is 30.6. The minimum absolute atomic E-state index is 0.0682. The predicted octanol–water partition coefficient (Wildman–Crippen LogP) is 12.0. The van der Waals surface area contributed by atoms with Crippen molar-refractivity contribution in [3.05, 3.63) is 0 Å². The Balaban J connectivity index is 2.72. The summed E-state index contributed by atoms with van der Waals surface area (Å²) in [6.45, 7) is 5.95. The summed E-state index contributed by atoms with van der Waals surface area (Å²) in [5.41, 5.74) is 0. The Labute approximate surface area is 383 Å². The molecule has 0 saturated carbocycles. The zero-order valence-corrected chi connectivity index (χ0v) is 40.4. The molecule has 6 atom stereocenters. The molecule has 3 N–H and O–H groups in total. The first kappa shape index (κ1) is 58.7. The highest BCUT2D eigenvalue weighted by molar-refractivity contribution is 5.74. The summed E-state index contributed by atoms with van der Waals surface area (Å²) in [6, 6.07) is 0. The molecule has 0 aliphatic carbocycles. The number of unbranched alkanes of at least 4 members (excludes halogenated alkanes) is 30. The van der Waals surface area contributed by atoms with E-state index in [0.717, 1.165) is 64.2 Å². The van der Waals surface area contributed by atoms with Crippen molar-refractivity contribution in [2.24, 2.45) is 0 Å². The molecular weight excluding hydrogens is 805 g/mol. The number of hydrogen-bond donors (Lipinski definition) is 3. The highest BCUT2D eigenvalue weighted by Crippen LogP contribution is 2.26. The van der Waals surface area contributed by atoms with Crippen molar-refractivity contribution in [1.29, 1.82) is 0 Å². The van der Waals surface area contributed by atoms with Gasteiger partial charge in [-0.25, -0.2) is 4.79 Å². The molecule has 1 fully saturated rings. The van der Waals surface area contributed by atoms with Crippen LogP contribution in [0.25, 0.3) is 0 Å². The minimum Gasteiger partial charge on any atom is -0.479 e. The number of aliphatic carboxylic acids is 1. The Morgan fingerprint density at radius 2 is 0.810 bits per heavy atom. The summed E-state index contributed by atoms with van der Waals surface area (Å²) in [6.07, 6.45) is 28.2. The highest BCUT2D eigenvalue weighted by Gasteiger charge is 2.50. The number of aliphatic hydroxyl groups excluding tert-OH is 2. The van der Waals surface area contributed by atoms with Crippen LogP contribution in [0.15, 0.2) is 0 Å². The van der Waals surface area contributed by atoms with Gasteiger partial charge in [-0.1, -0.05) is 213 Å². The van der Waals surface area contributed by atoms with Crippen LogP contribution in [-0.2, 0) is 42.9 Å². The van der Waals surface area contributed by atoms with Gasteiger partial charge in [-0.05, 0) is 19.3 Å². The first-order valence-corrected chi connectivity index (χ1v) is 26.0. The molecular formula is C51H94O12. The van der Waals surface area contributed by atoms with Gasteiger partial charge < -0.3 is 39.0 Å². The van der Waals surface area contributed by atoms with Crippen molar-refractivity contribution in [1.82, 2.24) is 0 Å². The molecule has 12 nitrogen and oxygen atoms in total. The van der Waals surface area contributed by atoms with Crippen LogP contribution >= 0.6 is 0 Å². The van der Waals surface area contributed by atoms with E-state index < -0.39 is 67.3 Å². The maximum atomic E-state index is 13.0. The molecule has 0 spiro atoms. The molecule has 0 aromatic carbocycles. The third-order valence-corrected chi connectivity index (χ3v) is 12.2. The van der Waals surface area contributed by atoms with E-state index in [1.54, 1.807) is 0 Å². The Hall–Kier alpha value is -2.28. The SMILES string of the molecule is CCCCCCCCCCCCCCCC(=O)OCC(COC1OC(C(=O)O)C(O)C(O)C1OC(=O)CCCCCCCCCCC)OC(=O)CCCCCCCCCCCCC. The number of rotatable bonds is 44. The van der Waals surface area contributed by atoms with Gasteiger partial charge in [0.1, 0.15) is 18.8 Å². The fraction of sp³-hybridized carbons (Fsp3) is 0.922. The summed E-state index contributed by atoms with van der Waals surface area (Å²) < 4.78 is 28.2. The van der Waals surface area contributed by atoms with E-state index in [4.69, 9.17) is 23.7 Å². The summed E-state index contributed by atoms with van der Waals surface area (Å²) in [7, 11) is 0. The van der Waals surface area contributed by atoms with Gasteiger partial charge in [0.25, 0.3) is 0 Å². The first-order valence-electron chi connectivity index (χ1n) is 26.0. The number of esters is 3. The molecule has 6 unspecified atom stereocenters. The van der Waals surface area contributed by atoms with Crippen LogP contribution in [0.2, 0.25) is 0 Å². The fourth-order valence-electron chi connectivity index (χ4n) is 8.13. The minimum atomic E-state index is -1.89. The van der Waals surface area contributed by atoms with E-state index in [2.05, 4.69) is 20.8 Å². The van der Waals surface area contributed by atoms with Crippen LogP contribution in [0.1, 0.15) is 252 Å². The van der Waals surface area contributed by atoms with E-state index in [-0.39, 0.29) is 25.9 Å². The molecule has 1 aliphatic heterocycles. The Bertz CT molecular complexity index is 1120. The van der Waals surface area contributed by atoms with Crippen LogP contribution < -0.4 is 0 Å². The normalized spacial score (nSPS) is 19.2. The van der Waals surface area contributed by atoms with Crippen LogP contribution in [-0.4, -0.2) is 89.2 Å². The zero-order chi connectivity index (χ0) is 46.2. The molecule has 63 heavy (non-hydrogen) atoms. The summed E-state index contributed by atoms with van der Waals surface area (Å²) >= 11 is 0. The quantitative estimate of drug-likeness (QED) is 0.0300. The van der Waals surface area contributed by atoms with Crippen LogP contribution in [0, 0.1) is 0 Å². The Morgan fingerprint density at radius 1 is 0.460 bits per heavy atom. The second kappa shape index (κ2) is 41.2. The van der Waals surface area contributed by atoms with Gasteiger partial charge in [-0.2, -0.15) is 0 Å². The van der Waals surface area contributed by atoms with Gasteiger partial charge in [0.05, 0.1) is 6.61 Å². The topological polar surface area (TPSA) is 175 Å². The monoisotopic (exact) mass is 899 g/mol. The van der Waals surface area contributed by atoms with E-state index in [1.807, 2.05) is 0 Å². The molecule has 12 heteroatoms. The molecule has 1 saturated heterocycles. The smallest absolute Gasteiger partial charge is 0.335 e. The Morgan fingerprint density at radius 3 is 1.19 bits per heavy atom. The van der Waals surface area contributed by atoms with E-state index in [1.165, 1.54) is 128 Å². The molecule has 0 radical (unpaired) electrons. The number of carboxylic acids is 1. The lowest BCUT2D eigenvalue weighted by atomic mass is 9.98. The van der Waals surface area contributed by atoms with Crippen molar-refractivity contribution in [2.45, 2.75) is 289 Å². The van der Waals surface area contributed by atoms with Crippen molar-refractivity contribution >= 4 is 23.9 Å². The molecule has 1 aliphatic rings.